The summed E-state index contributed by atoms with van der Waals surface area (Å²) in [6.45, 7) is 1.82. The predicted molar refractivity (Wildman–Crippen MR) is 96.8 cm³/mol. The lowest BCUT2D eigenvalue weighted by atomic mass is 9.95. The summed E-state index contributed by atoms with van der Waals surface area (Å²) in [5.41, 5.74) is 5.82. The van der Waals surface area contributed by atoms with Crippen LogP contribution in [0.1, 0.15) is 28.6 Å². The molecule has 1 aromatic carbocycles. The van der Waals surface area contributed by atoms with Gasteiger partial charge in [-0.15, -0.1) is 0 Å². The average molecular weight is 345 g/mol. The van der Waals surface area contributed by atoms with Crippen molar-refractivity contribution in [2.24, 2.45) is 0 Å². The van der Waals surface area contributed by atoms with E-state index in [9.17, 15) is 0 Å². The predicted octanol–water partition coefficient (Wildman–Crippen LogP) is 3.34. The van der Waals surface area contributed by atoms with Crippen LogP contribution in [0.4, 0.5) is 0 Å². The molecule has 6 nitrogen and oxygen atoms in total. The van der Waals surface area contributed by atoms with E-state index in [0.29, 0.717) is 0 Å². The van der Waals surface area contributed by atoms with Gasteiger partial charge >= 0.3 is 0 Å². The smallest absolute Gasteiger partial charge is 0.0947 e. The van der Waals surface area contributed by atoms with Crippen molar-refractivity contribution in [1.29, 1.82) is 0 Å². The number of hydrogen-bond acceptors (Lipinski definition) is 4. The maximum Gasteiger partial charge on any atom is 0.0947 e. The Kier molecular flexibility index (Phi) is 3.68. The largest absolute Gasteiger partial charge is 0.472 e. The van der Waals surface area contributed by atoms with Crippen LogP contribution >= 0.6 is 0 Å². The highest BCUT2D eigenvalue weighted by Gasteiger charge is 2.31. The standard InChI is InChI=1S/C20H19N5O/c1-8-23-25(9-1)17-4-2-16(3-5-17)20-19-18(21-14-22-19)6-10-24(20)12-15-7-11-26-13-15/h1-5,7-9,11,13-14,20H,6,10,12H2,(H,21,22)/t20-/m0/s1. The molecular weight excluding hydrogens is 326 g/mol. The topological polar surface area (TPSA) is 62.9 Å². The molecule has 0 saturated heterocycles. The Bertz CT molecular complexity index is 970. The van der Waals surface area contributed by atoms with E-state index in [1.165, 1.54) is 16.8 Å². The quantitative estimate of drug-likeness (QED) is 0.616. The molecule has 1 N–H and O–H groups in total. The minimum atomic E-state index is 0.131. The molecule has 0 fully saturated rings. The Balaban J connectivity index is 1.50. The third-order valence-electron chi connectivity index (χ3n) is 4.97. The SMILES string of the molecule is c1cnn(-c2ccc([C@H]3c4nc[nH]c4CCN3Cc3ccoc3)cc2)c1. The fraction of sp³-hybridized carbons (Fsp3) is 0.200. The van der Waals surface area contributed by atoms with Gasteiger partial charge in [-0.3, -0.25) is 4.90 Å². The first kappa shape index (κ1) is 15.2. The van der Waals surface area contributed by atoms with Crippen LogP contribution < -0.4 is 0 Å². The van der Waals surface area contributed by atoms with E-state index < -0.39 is 0 Å². The summed E-state index contributed by atoms with van der Waals surface area (Å²) in [7, 11) is 0. The van der Waals surface area contributed by atoms with E-state index in [0.717, 1.165) is 30.9 Å². The van der Waals surface area contributed by atoms with Gasteiger partial charge in [0.05, 0.1) is 36.3 Å². The van der Waals surface area contributed by atoms with Crippen LogP contribution in [0.3, 0.4) is 0 Å². The second-order valence-electron chi connectivity index (χ2n) is 6.56. The van der Waals surface area contributed by atoms with Gasteiger partial charge in [-0.25, -0.2) is 9.67 Å². The number of nitrogens with one attached hydrogen (secondary N) is 1. The summed E-state index contributed by atoms with van der Waals surface area (Å²) in [5, 5.41) is 4.30. The van der Waals surface area contributed by atoms with Crippen molar-refractivity contribution in [2.45, 2.75) is 19.0 Å². The van der Waals surface area contributed by atoms with E-state index in [1.807, 2.05) is 29.3 Å². The molecule has 1 aliphatic heterocycles. The summed E-state index contributed by atoms with van der Waals surface area (Å²) >= 11 is 0. The number of aromatic amines is 1. The molecule has 0 radical (unpaired) electrons. The molecule has 0 aliphatic carbocycles. The maximum absolute atomic E-state index is 5.25. The third-order valence-corrected chi connectivity index (χ3v) is 4.97. The van der Waals surface area contributed by atoms with Crippen molar-refractivity contribution in [3.63, 3.8) is 0 Å². The van der Waals surface area contributed by atoms with Gasteiger partial charge in [0.2, 0.25) is 0 Å². The number of rotatable bonds is 4. The number of imidazole rings is 1. The molecule has 0 bridgehead atoms. The fourth-order valence-electron chi connectivity index (χ4n) is 3.71. The van der Waals surface area contributed by atoms with Gasteiger partial charge in [-0.05, 0) is 29.8 Å². The van der Waals surface area contributed by atoms with Crippen LogP contribution in [0.15, 0.2) is 72.1 Å². The van der Waals surface area contributed by atoms with Crippen molar-refractivity contribution in [3.05, 3.63) is 90.2 Å². The van der Waals surface area contributed by atoms with Gasteiger partial charge in [0, 0.05) is 43.2 Å². The first-order valence-electron chi connectivity index (χ1n) is 8.76. The molecule has 4 aromatic rings. The lowest BCUT2D eigenvalue weighted by Crippen LogP contribution is -2.35. The lowest BCUT2D eigenvalue weighted by Gasteiger charge is -2.35. The molecule has 0 saturated carbocycles. The number of furan rings is 1. The van der Waals surface area contributed by atoms with Gasteiger partial charge in [0.25, 0.3) is 0 Å². The van der Waals surface area contributed by atoms with Gasteiger partial charge in [-0.1, -0.05) is 12.1 Å². The molecule has 3 aromatic heterocycles. The Morgan fingerprint density at radius 3 is 2.88 bits per heavy atom. The zero-order valence-electron chi connectivity index (χ0n) is 14.2. The van der Waals surface area contributed by atoms with E-state index >= 15 is 0 Å². The van der Waals surface area contributed by atoms with E-state index in [4.69, 9.17) is 4.42 Å². The summed E-state index contributed by atoms with van der Waals surface area (Å²) in [5.74, 6) is 0. The number of benzene rings is 1. The van der Waals surface area contributed by atoms with E-state index in [-0.39, 0.29) is 6.04 Å². The zero-order chi connectivity index (χ0) is 17.3. The van der Waals surface area contributed by atoms with Crippen molar-refractivity contribution in [3.8, 4) is 5.69 Å². The third kappa shape index (κ3) is 2.64. The highest BCUT2D eigenvalue weighted by Crippen LogP contribution is 2.34. The van der Waals surface area contributed by atoms with E-state index in [1.54, 1.807) is 18.8 Å². The van der Waals surface area contributed by atoms with E-state index in [2.05, 4.69) is 44.2 Å². The second kappa shape index (κ2) is 6.31. The Morgan fingerprint density at radius 2 is 2.12 bits per heavy atom. The molecule has 1 aliphatic rings. The average Bonchev–Trinajstić information content (AvgIpc) is 3.44. The molecule has 0 spiro atoms. The van der Waals surface area contributed by atoms with Crippen LogP contribution in [0.2, 0.25) is 0 Å². The van der Waals surface area contributed by atoms with Gasteiger partial charge in [-0.2, -0.15) is 5.10 Å². The van der Waals surface area contributed by atoms with Crippen molar-refractivity contribution in [2.75, 3.05) is 6.54 Å². The molecule has 130 valence electrons. The first-order valence-corrected chi connectivity index (χ1v) is 8.76. The summed E-state index contributed by atoms with van der Waals surface area (Å²) in [6, 6.07) is 12.7. The van der Waals surface area contributed by atoms with Gasteiger partial charge < -0.3 is 9.40 Å². The molecular formula is C20H19N5O. The highest BCUT2D eigenvalue weighted by molar-refractivity contribution is 5.39. The van der Waals surface area contributed by atoms with Crippen LogP contribution in [-0.4, -0.2) is 31.2 Å². The lowest BCUT2D eigenvalue weighted by molar-refractivity contribution is 0.200. The van der Waals surface area contributed by atoms with Crippen molar-refractivity contribution in [1.82, 2.24) is 24.6 Å². The van der Waals surface area contributed by atoms with Gasteiger partial charge in [0.15, 0.2) is 0 Å². The molecule has 6 heteroatoms. The summed E-state index contributed by atoms with van der Waals surface area (Å²) in [4.78, 5) is 10.4. The van der Waals surface area contributed by atoms with Crippen LogP contribution in [0, 0.1) is 0 Å². The maximum atomic E-state index is 5.25. The Morgan fingerprint density at radius 1 is 1.19 bits per heavy atom. The first-order chi connectivity index (χ1) is 12.9. The molecule has 1 atom stereocenters. The monoisotopic (exact) mass is 345 g/mol. The number of fused-ring (bicyclic) bond motifs is 1. The van der Waals surface area contributed by atoms with Crippen LogP contribution in [-0.2, 0) is 13.0 Å². The fourth-order valence-corrected chi connectivity index (χ4v) is 3.71. The molecule has 26 heavy (non-hydrogen) atoms. The molecule has 4 heterocycles. The molecule has 5 rings (SSSR count). The van der Waals surface area contributed by atoms with Crippen LogP contribution in [0.25, 0.3) is 5.69 Å². The zero-order valence-corrected chi connectivity index (χ0v) is 14.2. The normalized spacial score (nSPS) is 17.3. The molecule has 0 unspecified atom stereocenters. The Hall–Kier alpha value is -3.12. The van der Waals surface area contributed by atoms with Crippen molar-refractivity contribution >= 4 is 0 Å². The Labute approximate surface area is 151 Å². The summed E-state index contributed by atoms with van der Waals surface area (Å²) in [6.07, 6.45) is 10.1. The minimum absolute atomic E-state index is 0.131. The summed E-state index contributed by atoms with van der Waals surface area (Å²) < 4.78 is 7.12. The van der Waals surface area contributed by atoms with Gasteiger partial charge in [0.1, 0.15) is 0 Å². The number of nitrogens with zero attached hydrogens (tertiary/aromatic N) is 4. The second-order valence-corrected chi connectivity index (χ2v) is 6.56. The highest BCUT2D eigenvalue weighted by atomic mass is 16.3. The minimum Gasteiger partial charge on any atom is -0.472 e. The molecule has 0 amide bonds. The van der Waals surface area contributed by atoms with Crippen LogP contribution in [0.5, 0.6) is 0 Å². The number of aromatic nitrogens is 4. The number of hydrogen-bond donors (Lipinski definition) is 1. The number of H-pyrrole nitrogens is 1. The van der Waals surface area contributed by atoms with Crippen molar-refractivity contribution < 1.29 is 4.42 Å².